The van der Waals surface area contributed by atoms with Crippen LogP contribution in [0.2, 0.25) is 0 Å². The molecule has 3 rings (SSSR count). The second-order valence-corrected chi connectivity index (χ2v) is 11.5. The van der Waals surface area contributed by atoms with E-state index in [9.17, 15) is 22.0 Å². The van der Waals surface area contributed by atoms with Gasteiger partial charge in [0.15, 0.2) is 0 Å². The number of alkyl halides is 2. The number of aromatic nitrogens is 2. The second-order valence-electron chi connectivity index (χ2n) is 9.77. The number of hydrogen-bond donors (Lipinski definition) is 2. The Labute approximate surface area is 231 Å². The summed E-state index contributed by atoms with van der Waals surface area (Å²) in [5, 5.41) is 4.20. The van der Waals surface area contributed by atoms with E-state index in [0.29, 0.717) is 22.6 Å². The highest BCUT2D eigenvalue weighted by atomic mass is 32.2. The van der Waals surface area contributed by atoms with E-state index >= 15 is 0 Å². The molecule has 0 radical (unpaired) electrons. The van der Waals surface area contributed by atoms with Crippen molar-refractivity contribution >= 4 is 21.8 Å². The molecule has 1 amide bonds. The Balaban J connectivity index is 1.87. The van der Waals surface area contributed by atoms with Crippen molar-refractivity contribution in [1.82, 2.24) is 19.4 Å². The number of sulfonamides is 1. The summed E-state index contributed by atoms with van der Waals surface area (Å²) in [5.41, 5.74) is 6.33. The molecule has 0 aliphatic carbocycles. The van der Waals surface area contributed by atoms with Crippen LogP contribution in [0.3, 0.4) is 0 Å². The molecule has 0 atom stereocenters. The Morgan fingerprint density at radius 1 is 1.15 bits per heavy atom. The molecular formula is C26H33F2N5O6S. The first-order chi connectivity index (χ1) is 18.7. The molecule has 1 heterocycles. The first-order valence-electron chi connectivity index (χ1n) is 12.1. The summed E-state index contributed by atoms with van der Waals surface area (Å²) < 4.78 is 72.7. The van der Waals surface area contributed by atoms with Crippen molar-refractivity contribution in [1.29, 1.82) is 0 Å². The number of nitrogen functional groups attached to an aromatic ring is 1. The molecule has 2 aromatic carbocycles. The Morgan fingerprint density at radius 2 is 1.88 bits per heavy atom. The number of hydrogen-bond acceptors (Lipinski definition) is 8. The van der Waals surface area contributed by atoms with E-state index in [1.165, 1.54) is 49.5 Å². The molecule has 0 fully saturated rings. The molecule has 0 saturated heterocycles. The van der Waals surface area contributed by atoms with Gasteiger partial charge in [0.05, 0.1) is 39.2 Å². The average molecular weight is 582 g/mol. The lowest BCUT2D eigenvalue weighted by Crippen LogP contribution is -2.39. The Bertz CT molecular complexity index is 1440. The highest BCUT2D eigenvalue weighted by molar-refractivity contribution is 7.89. The fourth-order valence-corrected chi connectivity index (χ4v) is 4.90. The van der Waals surface area contributed by atoms with Crippen molar-refractivity contribution in [3.8, 4) is 17.2 Å². The molecule has 14 heteroatoms. The molecule has 0 bridgehead atoms. The van der Waals surface area contributed by atoms with Crippen LogP contribution in [0.5, 0.6) is 11.5 Å². The fourth-order valence-electron chi connectivity index (χ4n) is 3.67. The normalized spacial score (nSPS) is 11.9. The van der Waals surface area contributed by atoms with Crippen LogP contribution >= 0.6 is 0 Å². The highest BCUT2D eigenvalue weighted by Crippen LogP contribution is 2.27. The number of methoxy groups -OCH3 is 2. The van der Waals surface area contributed by atoms with Crippen LogP contribution in [0.4, 0.5) is 19.3 Å². The molecule has 218 valence electrons. The van der Waals surface area contributed by atoms with Crippen LogP contribution in [0, 0.1) is 0 Å². The summed E-state index contributed by atoms with van der Waals surface area (Å²) in [6, 6.07) is 9.25. The van der Waals surface area contributed by atoms with E-state index in [-0.39, 0.29) is 29.4 Å². The third-order valence-corrected chi connectivity index (χ3v) is 6.92. The van der Waals surface area contributed by atoms with Gasteiger partial charge in [-0.25, -0.2) is 31.4 Å². The summed E-state index contributed by atoms with van der Waals surface area (Å²) in [4.78, 5) is 13.2. The standard InChI is InChI=1S/C26H33F2N5O6S/c1-26(2,3)39-25(34)32(16-24(27)28)14-17-12-30-33(15-17)21-9-7-19(29)10-23(21)40(35,36)31-13-18-6-8-20(37-4)11-22(18)38-5/h6-12,15,24,31H,13-14,16,29H2,1-5H3. The molecule has 0 spiro atoms. The van der Waals surface area contributed by atoms with Crippen LogP contribution in [0.15, 0.2) is 53.7 Å². The zero-order valence-corrected chi connectivity index (χ0v) is 23.7. The van der Waals surface area contributed by atoms with Gasteiger partial charge in [-0.3, -0.25) is 4.90 Å². The zero-order chi connectivity index (χ0) is 29.7. The number of amides is 1. The predicted molar refractivity (Wildman–Crippen MR) is 144 cm³/mol. The molecule has 0 aliphatic rings. The average Bonchev–Trinajstić information content (AvgIpc) is 3.34. The lowest BCUT2D eigenvalue weighted by molar-refractivity contribution is 0.00817. The maximum absolute atomic E-state index is 13.4. The van der Waals surface area contributed by atoms with Crippen molar-refractivity contribution < 1.29 is 36.2 Å². The third kappa shape index (κ3) is 8.05. The lowest BCUT2D eigenvalue weighted by Gasteiger charge is -2.26. The van der Waals surface area contributed by atoms with Gasteiger partial charge in [-0.1, -0.05) is 6.07 Å². The number of nitrogens with one attached hydrogen (secondary N) is 1. The lowest BCUT2D eigenvalue weighted by atomic mass is 10.2. The molecular weight excluding hydrogens is 548 g/mol. The van der Waals surface area contributed by atoms with Crippen molar-refractivity contribution in [3.05, 3.63) is 59.9 Å². The van der Waals surface area contributed by atoms with Crippen LogP contribution in [0.1, 0.15) is 31.9 Å². The van der Waals surface area contributed by atoms with E-state index in [0.717, 1.165) is 4.90 Å². The molecule has 0 unspecified atom stereocenters. The molecule has 40 heavy (non-hydrogen) atoms. The number of anilines is 1. The summed E-state index contributed by atoms with van der Waals surface area (Å²) in [5.74, 6) is 0.986. The van der Waals surface area contributed by atoms with Gasteiger partial charge in [0.2, 0.25) is 10.0 Å². The minimum absolute atomic E-state index is 0.0907. The minimum atomic E-state index is -4.13. The minimum Gasteiger partial charge on any atom is -0.497 e. The largest absolute Gasteiger partial charge is 0.497 e. The van der Waals surface area contributed by atoms with Crippen molar-refractivity contribution in [3.63, 3.8) is 0 Å². The van der Waals surface area contributed by atoms with E-state index < -0.39 is 34.7 Å². The van der Waals surface area contributed by atoms with Gasteiger partial charge in [0.1, 0.15) is 22.0 Å². The smallest absolute Gasteiger partial charge is 0.410 e. The molecule has 3 aromatic rings. The quantitative estimate of drug-likeness (QED) is 0.325. The summed E-state index contributed by atoms with van der Waals surface area (Å²) in [6.07, 6.45) is -0.897. The van der Waals surface area contributed by atoms with Crippen molar-refractivity contribution in [2.75, 3.05) is 26.5 Å². The van der Waals surface area contributed by atoms with Crippen molar-refractivity contribution in [2.45, 2.75) is 50.8 Å². The Morgan fingerprint density at radius 3 is 2.50 bits per heavy atom. The Hall–Kier alpha value is -3.91. The fraction of sp³-hybridized carbons (Fsp3) is 0.385. The monoisotopic (exact) mass is 581 g/mol. The maximum Gasteiger partial charge on any atom is 0.410 e. The van der Waals surface area contributed by atoms with Crippen molar-refractivity contribution in [2.24, 2.45) is 0 Å². The van der Waals surface area contributed by atoms with Gasteiger partial charge < -0.3 is 19.9 Å². The summed E-state index contributed by atoms with van der Waals surface area (Å²) in [7, 11) is -1.16. The van der Waals surface area contributed by atoms with Gasteiger partial charge >= 0.3 is 6.09 Å². The van der Waals surface area contributed by atoms with E-state index in [4.69, 9.17) is 19.9 Å². The third-order valence-electron chi connectivity index (χ3n) is 5.49. The van der Waals surface area contributed by atoms with Crippen LogP contribution in [-0.2, 0) is 27.8 Å². The van der Waals surface area contributed by atoms with Gasteiger partial charge in [0.25, 0.3) is 6.43 Å². The van der Waals surface area contributed by atoms with Crippen LogP contribution in [-0.4, -0.2) is 62.0 Å². The number of nitrogens with zero attached hydrogens (tertiary/aromatic N) is 3. The predicted octanol–water partition coefficient (Wildman–Crippen LogP) is 3.95. The topological polar surface area (TPSA) is 138 Å². The highest BCUT2D eigenvalue weighted by Gasteiger charge is 2.26. The van der Waals surface area contributed by atoms with Gasteiger partial charge in [-0.05, 0) is 45.0 Å². The Kier molecular flexibility index (Phi) is 9.58. The molecule has 0 aliphatic heterocycles. The van der Waals surface area contributed by atoms with Crippen LogP contribution < -0.4 is 19.9 Å². The van der Waals surface area contributed by atoms with E-state index in [1.54, 1.807) is 39.0 Å². The second kappa shape index (κ2) is 12.5. The number of carbonyl (C=O) groups is 1. The summed E-state index contributed by atoms with van der Waals surface area (Å²) >= 11 is 0. The number of carbonyl (C=O) groups excluding carboxylic acids is 1. The van der Waals surface area contributed by atoms with Gasteiger partial charge in [0, 0.05) is 35.6 Å². The first-order valence-corrected chi connectivity index (χ1v) is 13.6. The SMILES string of the molecule is COc1ccc(CNS(=O)(=O)c2cc(N)ccc2-n2cc(CN(CC(F)F)C(=O)OC(C)(C)C)cn2)c(OC)c1. The number of benzene rings is 2. The number of halogens is 2. The van der Waals surface area contributed by atoms with Crippen LogP contribution in [0.25, 0.3) is 5.69 Å². The zero-order valence-electron chi connectivity index (χ0n) is 22.9. The number of nitrogens with two attached hydrogens (primary N) is 1. The summed E-state index contributed by atoms with van der Waals surface area (Å²) in [6.45, 7) is 3.72. The van der Waals surface area contributed by atoms with E-state index in [1.807, 2.05) is 0 Å². The molecule has 1 aromatic heterocycles. The van der Waals surface area contributed by atoms with Gasteiger partial charge in [-0.2, -0.15) is 5.10 Å². The van der Waals surface area contributed by atoms with Gasteiger partial charge in [-0.15, -0.1) is 0 Å². The number of rotatable bonds is 11. The maximum atomic E-state index is 13.4. The first kappa shape index (κ1) is 30.6. The molecule has 11 nitrogen and oxygen atoms in total. The number of ether oxygens (including phenoxy) is 3. The molecule has 3 N–H and O–H groups in total. The molecule has 0 saturated carbocycles. The van der Waals surface area contributed by atoms with E-state index in [2.05, 4.69) is 9.82 Å².